The minimum atomic E-state index is -0.0491. The van der Waals surface area contributed by atoms with E-state index < -0.39 is 0 Å². The first-order chi connectivity index (χ1) is 13.0. The van der Waals surface area contributed by atoms with Crippen LogP contribution in [0.5, 0.6) is 0 Å². The molecule has 4 heterocycles. The predicted octanol–water partition coefficient (Wildman–Crippen LogP) is 2.11. The molecule has 1 aromatic carbocycles. The standard InChI is InChI=1S/C21H26N4O2/c1-14-19(15(2)25(22-14)17-7-5-4-6-8-17)11-20(26)24-12-16-9-10-18(13-24)23(3)21(16)27/h4-8,16,18H,9-13H2,1-3H3/t16-,18+/m0/s1. The summed E-state index contributed by atoms with van der Waals surface area (Å²) in [6.07, 6.45) is 2.21. The molecule has 142 valence electrons. The molecule has 1 aromatic heterocycles. The van der Waals surface area contributed by atoms with Gasteiger partial charge < -0.3 is 9.80 Å². The number of hydrogen-bond donors (Lipinski definition) is 0. The fourth-order valence-corrected chi connectivity index (χ4v) is 4.37. The van der Waals surface area contributed by atoms with Gasteiger partial charge in [-0.3, -0.25) is 9.59 Å². The van der Waals surface area contributed by atoms with Crippen LogP contribution in [0.4, 0.5) is 0 Å². The Morgan fingerprint density at radius 1 is 1.15 bits per heavy atom. The van der Waals surface area contributed by atoms with Gasteiger partial charge >= 0.3 is 0 Å². The third-order valence-corrected chi connectivity index (χ3v) is 6.09. The van der Waals surface area contributed by atoms with Crippen molar-refractivity contribution in [2.45, 2.75) is 39.2 Å². The highest BCUT2D eigenvalue weighted by Gasteiger charge is 2.40. The monoisotopic (exact) mass is 366 g/mol. The van der Waals surface area contributed by atoms with E-state index in [9.17, 15) is 9.59 Å². The van der Waals surface area contributed by atoms with Crippen LogP contribution in [-0.2, 0) is 16.0 Å². The lowest BCUT2D eigenvalue weighted by Crippen LogP contribution is -2.45. The van der Waals surface area contributed by atoms with Gasteiger partial charge in [0.2, 0.25) is 11.8 Å². The Kier molecular flexibility index (Phi) is 4.50. The Balaban J connectivity index is 1.55. The number of benzene rings is 1. The molecule has 3 aliphatic heterocycles. The van der Waals surface area contributed by atoms with E-state index in [2.05, 4.69) is 5.10 Å². The zero-order chi connectivity index (χ0) is 19.1. The van der Waals surface area contributed by atoms with Crippen molar-refractivity contribution in [1.29, 1.82) is 0 Å². The van der Waals surface area contributed by atoms with Crippen molar-refractivity contribution in [1.82, 2.24) is 19.6 Å². The normalized spacial score (nSPS) is 22.3. The van der Waals surface area contributed by atoms with Gasteiger partial charge in [0.15, 0.2) is 0 Å². The molecule has 3 aliphatic rings. The summed E-state index contributed by atoms with van der Waals surface area (Å²) in [5.74, 6) is 0.228. The van der Waals surface area contributed by atoms with Crippen LogP contribution < -0.4 is 0 Å². The minimum Gasteiger partial charge on any atom is -0.341 e. The first-order valence-corrected chi connectivity index (χ1v) is 9.60. The Hall–Kier alpha value is -2.63. The van der Waals surface area contributed by atoms with Gasteiger partial charge in [0.05, 0.1) is 23.7 Å². The molecule has 2 bridgehead atoms. The van der Waals surface area contributed by atoms with Gasteiger partial charge in [-0.1, -0.05) is 18.2 Å². The quantitative estimate of drug-likeness (QED) is 0.836. The predicted molar refractivity (Wildman–Crippen MR) is 103 cm³/mol. The van der Waals surface area contributed by atoms with Crippen molar-refractivity contribution in [3.05, 3.63) is 47.3 Å². The Morgan fingerprint density at radius 3 is 2.63 bits per heavy atom. The topological polar surface area (TPSA) is 58.4 Å². The molecule has 2 amide bonds. The van der Waals surface area contributed by atoms with Crippen LogP contribution >= 0.6 is 0 Å². The third kappa shape index (κ3) is 3.13. The number of amides is 2. The summed E-state index contributed by atoms with van der Waals surface area (Å²) >= 11 is 0. The zero-order valence-corrected chi connectivity index (χ0v) is 16.2. The molecule has 0 unspecified atom stereocenters. The van der Waals surface area contributed by atoms with E-state index in [1.807, 2.05) is 65.7 Å². The Labute approximate surface area is 159 Å². The van der Waals surface area contributed by atoms with Gasteiger partial charge in [0.1, 0.15) is 0 Å². The number of piperidine rings is 1. The summed E-state index contributed by atoms with van der Waals surface area (Å²) in [4.78, 5) is 29.2. The number of fused-ring (bicyclic) bond motifs is 4. The summed E-state index contributed by atoms with van der Waals surface area (Å²) in [6, 6.07) is 10.1. The van der Waals surface area contributed by atoms with E-state index in [0.29, 0.717) is 19.5 Å². The van der Waals surface area contributed by atoms with E-state index in [-0.39, 0.29) is 23.8 Å². The average molecular weight is 366 g/mol. The Morgan fingerprint density at radius 2 is 1.89 bits per heavy atom. The van der Waals surface area contributed by atoms with Gasteiger partial charge in [-0.25, -0.2) is 4.68 Å². The second kappa shape index (κ2) is 6.83. The van der Waals surface area contributed by atoms with Crippen LogP contribution in [0.25, 0.3) is 5.69 Å². The van der Waals surface area contributed by atoms with Crippen molar-refractivity contribution in [3.8, 4) is 5.69 Å². The number of aryl methyl sites for hydroxylation is 1. The van der Waals surface area contributed by atoms with Crippen molar-refractivity contribution >= 4 is 11.8 Å². The number of aromatic nitrogens is 2. The highest BCUT2D eigenvalue weighted by molar-refractivity contribution is 5.84. The number of hydrogen-bond acceptors (Lipinski definition) is 3. The maximum Gasteiger partial charge on any atom is 0.227 e. The van der Waals surface area contributed by atoms with Gasteiger partial charge in [-0.2, -0.15) is 5.10 Å². The van der Waals surface area contributed by atoms with E-state index in [1.54, 1.807) is 0 Å². The minimum absolute atomic E-state index is 0.0491. The second-order valence-electron chi connectivity index (χ2n) is 7.75. The van der Waals surface area contributed by atoms with Crippen molar-refractivity contribution in [2.24, 2.45) is 5.92 Å². The number of carbonyl (C=O) groups is 2. The lowest BCUT2D eigenvalue weighted by Gasteiger charge is -2.32. The van der Waals surface area contributed by atoms with Gasteiger partial charge in [0.25, 0.3) is 0 Å². The maximum atomic E-state index is 13.1. The van der Waals surface area contributed by atoms with E-state index in [4.69, 9.17) is 0 Å². The molecule has 0 aliphatic carbocycles. The number of carbonyl (C=O) groups excluding carboxylic acids is 2. The summed E-state index contributed by atoms with van der Waals surface area (Å²) in [7, 11) is 1.87. The lowest BCUT2D eigenvalue weighted by molar-refractivity contribution is -0.138. The summed E-state index contributed by atoms with van der Waals surface area (Å²) in [5, 5.41) is 4.65. The highest BCUT2D eigenvalue weighted by atomic mass is 16.2. The molecule has 5 rings (SSSR count). The molecule has 6 heteroatoms. The van der Waals surface area contributed by atoms with Crippen LogP contribution in [0, 0.1) is 19.8 Å². The molecular weight excluding hydrogens is 340 g/mol. The van der Waals surface area contributed by atoms with Gasteiger partial charge in [-0.15, -0.1) is 0 Å². The van der Waals surface area contributed by atoms with E-state index >= 15 is 0 Å². The molecule has 2 aromatic rings. The van der Waals surface area contributed by atoms with Crippen molar-refractivity contribution in [2.75, 3.05) is 20.1 Å². The molecule has 0 saturated carbocycles. The molecule has 3 saturated heterocycles. The van der Waals surface area contributed by atoms with Crippen LogP contribution in [-0.4, -0.2) is 57.6 Å². The average Bonchev–Trinajstić information content (AvgIpc) is 2.84. The first-order valence-electron chi connectivity index (χ1n) is 9.60. The maximum absolute atomic E-state index is 13.1. The molecule has 2 atom stereocenters. The number of para-hydroxylation sites is 1. The zero-order valence-electron chi connectivity index (χ0n) is 16.2. The molecule has 3 fully saturated rings. The first kappa shape index (κ1) is 17.8. The highest BCUT2D eigenvalue weighted by Crippen LogP contribution is 2.28. The molecule has 0 N–H and O–H groups in total. The second-order valence-corrected chi connectivity index (χ2v) is 7.75. The SMILES string of the molecule is Cc1nn(-c2ccccc2)c(C)c1CC(=O)N1C[C@@H]2CC[C@H](C1)N(C)C2=O. The fraction of sp³-hybridized carbons (Fsp3) is 0.476. The van der Waals surface area contributed by atoms with E-state index in [0.717, 1.165) is 35.5 Å². The van der Waals surface area contributed by atoms with Crippen LogP contribution in [0.15, 0.2) is 30.3 Å². The molecule has 0 radical (unpaired) electrons. The van der Waals surface area contributed by atoms with Crippen LogP contribution in [0.2, 0.25) is 0 Å². The van der Waals surface area contributed by atoms with E-state index in [1.165, 1.54) is 0 Å². The number of nitrogens with zero attached hydrogens (tertiary/aromatic N) is 4. The summed E-state index contributed by atoms with van der Waals surface area (Å²) in [5.41, 5.74) is 3.87. The molecule has 27 heavy (non-hydrogen) atoms. The molecule has 6 nitrogen and oxygen atoms in total. The summed E-state index contributed by atoms with van der Waals surface area (Å²) < 4.78 is 1.90. The van der Waals surface area contributed by atoms with Gasteiger partial charge in [-0.05, 0) is 38.8 Å². The lowest BCUT2D eigenvalue weighted by atomic mass is 9.95. The summed E-state index contributed by atoms with van der Waals surface area (Å²) in [6.45, 7) is 5.16. The van der Waals surface area contributed by atoms with Gasteiger partial charge in [0, 0.05) is 37.4 Å². The van der Waals surface area contributed by atoms with Crippen molar-refractivity contribution in [3.63, 3.8) is 0 Å². The number of rotatable bonds is 3. The van der Waals surface area contributed by atoms with Crippen LogP contribution in [0.1, 0.15) is 29.8 Å². The number of likely N-dealkylation sites (N-methyl/N-ethyl adjacent to an activating group) is 1. The fourth-order valence-electron chi connectivity index (χ4n) is 4.37. The molecule has 0 spiro atoms. The Bertz CT molecular complexity index is 874. The largest absolute Gasteiger partial charge is 0.341 e. The van der Waals surface area contributed by atoms with Crippen molar-refractivity contribution < 1.29 is 9.59 Å². The van der Waals surface area contributed by atoms with Crippen LogP contribution in [0.3, 0.4) is 0 Å². The smallest absolute Gasteiger partial charge is 0.227 e. The third-order valence-electron chi connectivity index (χ3n) is 6.09. The molecular formula is C21H26N4O2.